The van der Waals surface area contributed by atoms with E-state index in [4.69, 9.17) is 9.73 Å². The summed E-state index contributed by atoms with van der Waals surface area (Å²) < 4.78 is 5.13. The van der Waals surface area contributed by atoms with Crippen LogP contribution in [0.4, 0.5) is 0 Å². The molecule has 0 saturated carbocycles. The summed E-state index contributed by atoms with van der Waals surface area (Å²) in [6.45, 7) is 8.97. The maximum absolute atomic E-state index is 12.7. The summed E-state index contributed by atoms with van der Waals surface area (Å²) in [5, 5.41) is 2.83. The SMILES string of the molecule is CCOC(=O)[C@@H]1C(=O)NC(N2CC[NH+](CC)CC2)=N[C@H]1c1ccccc1. The van der Waals surface area contributed by atoms with Gasteiger partial charge in [-0.1, -0.05) is 30.3 Å². The third kappa shape index (κ3) is 3.88. The van der Waals surface area contributed by atoms with Gasteiger partial charge < -0.3 is 14.5 Å². The van der Waals surface area contributed by atoms with Gasteiger partial charge in [-0.25, -0.2) is 4.99 Å². The van der Waals surface area contributed by atoms with E-state index < -0.39 is 17.9 Å². The topological polar surface area (TPSA) is 75.4 Å². The van der Waals surface area contributed by atoms with Gasteiger partial charge in [-0.3, -0.25) is 14.9 Å². The van der Waals surface area contributed by atoms with Crippen LogP contribution >= 0.6 is 0 Å². The average molecular weight is 359 g/mol. The van der Waals surface area contributed by atoms with Gasteiger partial charge in [0.15, 0.2) is 5.92 Å². The number of amides is 1. The Hall–Kier alpha value is -2.41. The molecule has 0 aromatic heterocycles. The number of hydrogen-bond acceptors (Lipinski definition) is 5. The number of hydrogen-bond donors (Lipinski definition) is 2. The lowest BCUT2D eigenvalue weighted by Crippen LogP contribution is -3.14. The van der Waals surface area contributed by atoms with Crippen molar-refractivity contribution in [3.05, 3.63) is 35.9 Å². The minimum Gasteiger partial charge on any atom is -0.465 e. The Morgan fingerprint density at radius 1 is 1.27 bits per heavy atom. The van der Waals surface area contributed by atoms with Gasteiger partial charge in [0.1, 0.15) is 6.04 Å². The summed E-state index contributed by atoms with van der Waals surface area (Å²) in [7, 11) is 0. The highest BCUT2D eigenvalue weighted by Gasteiger charge is 2.42. The second-order valence-corrected chi connectivity index (χ2v) is 6.62. The van der Waals surface area contributed by atoms with Crippen LogP contribution in [0.25, 0.3) is 0 Å². The van der Waals surface area contributed by atoms with Crippen molar-refractivity contribution in [3.8, 4) is 0 Å². The third-order valence-electron chi connectivity index (χ3n) is 5.05. The van der Waals surface area contributed by atoms with Crippen LogP contribution in [0.15, 0.2) is 35.3 Å². The number of nitrogens with zero attached hydrogens (tertiary/aromatic N) is 2. The Morgan fingerprint density at radius 2 is 1.96 bits per heavy atom. The molecule has 0 aliphatic carbocycles. The van der Waals surface area contributed by atoms with Gasteiger partial charge in [-0.2, -0.15) is 0 Å². The number of rotatable bonds is 4. The van der Waals surface area contributed by atoms with E-state index in [0.29, 0.717) is 5.96 Å². The van der Waals surface area contributed by atoms with Crippen LogP contribution in [-0.4, -0.2) is 62.1 Å². The number of benzene rings is 1. The van der Waals surface area contributed by atoms with E-state index in [0.717, 1.165) is 38.3 Å². The fourth-order valence-corrected chi connectivity index (χ4v) is 3.50. The van der Waals surface area contributed by atoms with E-state index in [1.165, 1.54) is 0 Å². The third-order valence-corrected chi connectivity index (χ3v) is 5.05. The number of aliphatic imine (C=N–C) groups is 1. The summed E-state index contributed by atoms with van der Waals surface area (Å²) in [5.74, 6) is -1.25. The van der Waals surface area contributed by atoms with E-state index in [2.05, 4.69) is 17.1 Å². The predicted octanol–water partition coefficient (Wildman–Crippen LogP) is -0.387. The summed E-state index contributed by atoms with van der Waals surface area (Å²) in [5.41, 5.74) is 0.843. The van der Waals surface area contributed by atoms with Crippen molar-refractivity contribution in [2.45, 2.75) is 19.9 Å². The molecular formula is C19H27N4O3+. The normalized spacial score (nSPS) is 24.0. The lowest BCUT2D eigenvalue weighted by Gasteiger charge is -2.37. The zero-order chi connectivity index (χ0) is 18.5. The molecule has 2 aliphatic rings. The molecule has 1 amide bonds. The first-order valence-corrected chi connectivity index (χ1v) is 9.32. The number of ether oxygens (including phenoxy) is 1. The van der Waals surface area contributed by atoms with Crippen LogP contribution in [0.1, 0.15) is 25.5 Å². The van der Waals surface area contributed by atoms with E-state index >= 15 is 0 Å². The van der Waals surface area contributed by atoms with Crippen molar-refractivity contribution in [3.63, 3.8) is 0 Å². The van der Waals surface area contributed by atoms with E-state index in [1.54, 1.807) is 11.8 Å². The molecule has 1 aromatic rings. The Labute approximate surface area is 154 Å². The van der Waals surface area contributed by atoms with Gasteiger partial charge >= 0.3 is 5.97 Å². The van der Waals surface area contributed by atoms with Gasteiger partial charge in [-0.15, -0.1) is 0 Å². The standard InChI is InChI=1S/C19H26N4O3/c1-3-22-10-12-23(13-11-22)19-20-16(14-8-6-5-7-9-14)15(17(24)21-19)18(25)26-4-2/h5-9,15-16H,3-4,10-13H2,1-2H3,(H,20,21,24)/p+1/t15-,16-/m0/s1. The van der Waals surface area contributed by atoms with Gasteiger partial charge in [-0.05, 0) is 19.4 Å². The number of piperazine rings is 1. The van der Waals surface area contributed by atoms with Gasteiger partial charge in [0.05, 0.1) is 39.3 Å². The number of quaternary nitrogens is 1. The lowest BCUT2D eigenvalue weighted by atomic mass is 9.91. The summed E-state index contributed by atoms with van der Waals surface area (Å²) in [6.07, 6.45) is 0. The molecule has 3 rings (SSSR count). The van der Waals surface area contributed by atoms with Crippen molar-refractivity contribution < 1.29 is 19.2 Å². The highest BCUT2D eigenvalue weighted by Crippen LogP contribution is 2.30. The minimum absolute atomic E-state index is 0.239. The van der Waals surface area contributed by atoms with E-state index in [9.17, 15) is 9.59 Å². The Kier molecular flexibility index (Phi) is 5.88. The van der Waals surface area contributed by atoms with Crippen LogP contribution in [0.5, 0.6) is 0 Å². The zero-order valence-corrected chi connectivity index (χ0v) is 15.4. The molecule has 7 heteroatoms. The minimum atomic E-state index is -0.955. The van der Waals surface area contributed by atoms with Crippen LogP contribution in [0.3, 0.4) is 0 Å². The van der Waals surface area contributed by atoms with Crippen LogP contribution in [0.2, 0.25) is 0 Å². The molecule has 1 aromatic carbocycles. The Morgan fingerprint density at radius 3 is 2.58 bits per heavy atom. The molecule has 2 N–H and O–H groups in total. The molecule has 1 fully saturated rings. The number of guanidine groups is 1. The summed E-state index contributed by atoms with van der Waals surface area (Å²) in [6, 6.07) is 8.93. The van der Waals surface area contributed by atoms with Crippen LogP contribution in [0, 0.1) is 5.92 Å². The van der Waals surface area contributed by atoms with E-state index in [-0.39, 0.29) is 12.5 Å². The molecule has 0 bridgehead atoms. The fraction of sp³-hybridized carbons (Fsp3) is 0.526. The Balaban J connectivity index is 1.88. The second-order valence-electron chi connectivity index (χ2n) is 6.62. The summed E-state index contributed by atoms with van der Waals surface area (Å²) >= 11 is 0. The monoisotopic (exact) mass is 359 g/mol. The van der Waals surface area contributed by atoms with E-state index in [1.807, 2.05) is 30.3 Å². The maximum Gasteiger partial charge on any atom is 0.321 e. The number of nitrogens with one attached hydrogen (secondary N) is 2. The van der Waals surface area contributed by atoms with Crippen LogP contribution < -0.4 is 10.2 Å². The molecule has 1 saturated heterocycles. The molecule has 7 nitrogen and oxygen atoms in total. The van der Waals surface area contributed by atoms with Gasteiger partial charge in [0.25, 0.3) is 0 Å². The number of carbonyl (C=O) groups excluding carboxylic acids is 2. The maximum atomic E-state index is 12.7. The Bertz CT molecular complexity index is 669. The second kappa shape index (κ2) is 8.31. The molecule has 140 valence electrons. The molecule has 0 unspecified atom stereocenters. The van der Waals surface area contributed by atoms with Crippen LogP contribution in [-0.2, 0) is 14.3 Å². The average Bonchev–Trinajstić information content (AvgIpc) is 2.68. The number of likely N-dealkylation sites (N-methyl/N-ethyl adjacent to an activating group) is 1. The molecule has 0 radical (unpaired) electrons. The highest BCUT2D eigenvalue weighted by atomic mass is 16.5. The van der Waals surface area contributed by atoms with Gasteiger partial charge in [0, 0.05) is 0 Å². The first-order chi connectivity index (χ1) is 12.6. The van der Waals surface area contributed by atoms with Crippen molar-refractivity contribution in [1.29, 1.82) is 0 Å². The highest BCUT2D eigenvalue weighted by molar-refractivity contribution is 6.08. The number of esters is 1. The molecule has 2 heterocycles. The number of carbonyl (C=O) groups is 2. The van der Waals surface area contributed by atoms with Crippen molar-refractivity contribution in [2.24, 2.45) is 10.9 Å². The quantitative estimate of drug-likeness (QED) is 0.567. The predicted molar refractivity (Wildman–Crippen MR) is 97.7 cm³/mol. The molecule has 2 atom stereocenters. The molecule has 2 aliphatic heterocycles. The van der Waals surface area contributed by atoms with Crippen molar-refractivity contribution >= 4 is 17.8 Å². The molecular weight excluding hydrogens is 332 g/mol. The van der Waals surface area contributed by atoms with Gasteiger partial charge in [0.2, 0.25) is 11.9 Å². The summed E-state index contributed by atoms with van der Waals surface area (Å²) in [4.78, 5) is 33.5. The molecule has 0 spiro atoms. The largest absolute Gasteiger partial charge is 0.465 e. The molecule has 26 heavy (non-hydrogen) atoms. The fourth-order valence-electron chi connectivity index (χ4n) is 3.50. The zero-order valence-electron chi connectivity index (χ0n) is 15.4. The van der Waals surface area contributed by atoms with Crippen molar-refractivity contribution in [2.75, 3.05) is 39.3 Å². The first-order valence-electron chi connectivity index (χ1n) is 9.32. The smallest absolute Gasteiger partial charge is 0.321 e. The lowest BCUT2D eigenvalue weighted by molar-refractivity contribution is -0.902. The van der Waals surface area contributed by atoms with Crippen molar-refractivity contribution in [1.82, 2.24) is 10.2 Å². The first kappa shape index (κ1) is 18.4.